The van der Waals surface area contributed by atoms with E-state index in [0.717, 1.165) is 38.5 Å². The molecule has 3 N–H and O–H groups in total. The van der Waals surface area contributed by atoms with Crippen LogP contribution < -0.4 is 5.32 Å². The van der Waals surface area contributed by atoms with E-state index < -0.39 is 20.0 Å². The lowest BCUT2D eigenvalue weighted by atomic mass is 10.1. The van der Waals surface area contributed by atoms with Crippen LogP contribution in [0.5, 0.6) is 0 Å². The predicted molar refractivity (Wildman–Crippen MR) is 208 cm³/mol. The third-order valence-electron chi connectivity index (χ3n) is 8.58. The lowest BCUT2D eigenvalue weighted by molar-refractivity contribution is -0.870. The summed E-state index contributed by atoms with van der Waals surface area (Å²) in [6, 6.07) is -0.861. The van der Waals surface area contributed by atoms with Crippen LogP contribution in [0.2, 0.25) is 0 Å². The zero-order valence-electron chi connectivity index (χ0n) is 32.4. The van der Waals surface area contributed by atoms with Crippen molar-refractivity contribution < 1.29 is 32.9 Å². The molecule has 0 aromatic carbocycles. The van der Waals surface area contributed by atoms with Crippen molar-refractivity contribution in [3.05, 3.63) is 36.5 Å². The van der Waals surface area contributed by atoms with Crippen LogP contribution in [-0.2, 0) is 18.4 Å². The Hall–Kier alpha value is -1.28. The molecule has 9 heteroatoms. The molecule has 0 spiro atoms. The minimum absolute atomic E-state index is 0.0548. The number of nitrogens with zero attached hydrogens (tertiary/aromatic N) is 1. The molecule has 3 unspecified atom stereocenters. The second-order valence-corrected chi connectivity index (χ2v) is 16.1. The number of aliphatic hydroxyl groups excluding tert-OH is 1. The molecule has 0 bridgehead atoms. The van der Waals surface area contributed by atoms with Crippen LogP contribution in [0, 0.1) is 0 Å². The molecule has 49 heavy (non-hydrogen) atoms. The van der Waals surface area contributed by atoms with Crippen molar-refractivity contribution in [2.45, 2.75) is 174 Å². The minimum atomic E-state index is -4.34. The predicted octanol–water partition coefficient (Wildman–Crippen LogP) is 10.4. The number of carbonyl (C=O) groups is 1. The van der Waals surface area contributed by atoms with Crippen molar-refractivity contribution in [3.8, 4) is 0 Å². The van der Waals surface area contributed by atoms with Crippen LogP contribution >= 0.6 is 7.82 Å². The van der Waals surface area contributed by atoms with Gasteiger partial charge < -0.3 is 19.8 Å². The van der Waals surface area contributed by atoms with Gasteiger partial charge in [-0.05, 0) is 57.8 Å². The topological polar surface area (TPSA) is 105 Å². The Kier molecular flexibility index (Phi) is 31.8. The van der Waals surface area contributed by atoms with Gasteiger partial charge in [0.1, 0.15) is 13.2 Å². The van der Waals surface area contributed by atoms with Crippen molar-refractivity contribution >= 4 is 13.7 Å². The SMILES string of the molecule is CCCCCC/C=C/CC/C=C/C(O)C(COP(=O)(O)OCC[N+](C)(C)C)NC(=O)CCCCCCCCC/C=C\CCCCCCCC. The molecule has 8 nitrogen and oxygen atoms in total. The monoisotopic (exact) mass is 714 g/mol. The Balaban J connectivity index is 4.47. The molecule has 0 aliphatic carbocycles. The van der Waals surface area contributed by atoms with Gasteiger partial charge in [-0.3, -0.25) is 13.8 Å². The van der Waals surface area contributed by atoms with Crippen LogP contribution in [0.1, 0.15) is 162 Å². The van der Waals surface area contributed by atoms with E-state index in [-0.39, 0.29) is 19.1 Å². The number of hydrogen-bond acceptors (Lipinski definition) is 5. The quantitative estimate of drug-likeness (QED) is 0.0261. The smallest absolute Gasteiger partial charge is 0.387 e. The lowest BCUT2D eigenvalue weighted by Gasteiger charge is -2.25. The normalized spacial score (nSPS) is 15.0. The molecule has 3 atom stereocenters. The van der Waals surface area contributed by atoms with E-state index in [1.807, 2.05) is 27.2 Å². The first-order valence-corrected chi connectivity index (χ1v) is 21.4. The van der Waals surface area contributed by atoms with Crippen LogP contribution in [0.4, 0.5) is 0 Å². The van der Waals surface area contributed by atoms with Crippen molar-refractivity contribution in [3.63, 3.8) is 0 Å². The van der Waals surface area contributed by atoms with E-state index in [2.05, 4.69) is 43.5 Å². The van der Waals surface area contributed by atoms with Gasteiger partial charge in [0.2, 0.25) is 5.91 Å². The molecule has 0 aromatic rings. The molecular formula is C40H78N2O6P+. The van der Waals surface area contributed by atoms with Crippen molar-refractivity contribution in [1.29, 1.82) is 0 Å². The van der Waals surface area contributed by atoms with E-state index in [1.54, 1.807) is 6.08 Å². The van der Waals surface area contributed by atoms with Crippen LogP contribution in [-0.4, -0.2) is 73.4 Å². The van der Waals surface area contributed by atoms with Crippen molar-refractivity contribution in [2.24, 2.45) is 0 Å². The molecular weight excluding hydrogens is 635 g/mol. The first-order valence-electron chi connectivity index (χ1n) is 19.9. The van der Waals surface area contributed by atoms with Gasteiger partial charge in [-0.1, -0.05) is 134 Å². The second kappa shape index (κ2) is 32.6. The van der Waals surface area contributed by atoms with Gasteiger partial charge in [-0.15, -0.1) is 0 Å². The number of unbranched alkanes of at least 4 members (excludes halogenated alkanes) is 18. The zero-order valence-corrected chi connectivity index (χ0v) is 33.3. The Bertz CT molecular complexity index is 902. The number of phosphoric acid groups is 1. The number of likely N-dealkylation sites (N-methyl/N-ethyl adjacent to an activating group) is 1. The Morgan fingerprint density at radius 1 is 0.673 bits per heavy atom. The highest BCUT2D eigenvalue weighted by molar-refractivity contribution is 7.47. The summed E-state index contributed by atoms with van der Waals surface area (Å²) >= 11 is 0. The zero-order chi connectivity index (χ0) is 36.5. The molecule has 0 aromatic heterocycles. The van der Waals surface area contributed by atoms with E-state index in [0.29, 0.717) is 17.4 Å². The summed E-state index contributed by atoms with van der Waals surface area (Å²) < 4.78 is 23.4. The fourth-order valence-corrected chi connectivity index (χ4v) is 6.08. The summed E-state index contributed by atoms with van der Waals surface area (Å²) in [6.07, 6.45) is 37.8. The van der Waals surface area contributed by atoms with Gasteiger partial charge in [0.05, 0.1) is 39.9 Å². The number of phosphoric ester groups is 1. The third kappa shape index (κ3) is 34.9. The molecule has 0 saturated carbocycles. The van der Waals surface area contributed by atoms with Gasteiger partial charge in [0, 0.05) is 6.42 Å². The standard InChI is InChI=1S/C40H77N2O6P/c1-6-8-10-12-14-16-18-19-20-21-22-23-24-26-28-30-32-34-40(44)41-38(37-48-49(45,46)47-36-35-42(3,4)5)39(43)33-31-29-27-25-17-15-13-11-9-7-2/h17,19-20,25,31,33,38-39,43H,6-16,18,21-24,26-30,32,34-37H2,1-5H3,(H-,41,44,45,46)/p+1/b20-19-,25-17+,33-31+. The maximum absolute atomic E-state index is 12.8. The Morgan fingerprint density at radius 3 is 1.65 bits per heavy atom. The second-order valence-electron chi connectivity index (χ2n) is 14.6. The molecule has 1 amide bonds. The van der Waals surface area contributed by atoms with Gasteiger partial charge in [0.15, 0.2) is 0 Å². The Labute approximate surface area is 302 Å². The number of nitrogens with one attached hydrogen (secondary N) is 1. The third-order valence-corrected chi connectivity index (χ3v) is 9.57. The number of amides is 1. The highest BCUT2D eigenvalue weighted by atomic mass is 31.2. The van der Waals surface area contributed by atoms with E-state index in [1.165, 1.54) is 103 Å². The maximum atomic E-state index is 12.8. The van der Waals surface area contributed by atoms with Crippen LogP contribution in [0.25, 0.3) is 0 Å². The number of aliphatic hydroxyl groups is 1. The van der Waals surface area contributed by atoms with Crippen LogP contribution in [0.3, 0.4) is 0 Å². The number of allylic oxidation sites excluding steroid dienone is 5. The first kappa shape index (κ1) is 47.7. The van der Waals surface area contributed by atoms with E-state index in [4.69, 9.17) is 9.05 Å². The molecule has 0 saturated heterocycles. The minimum Gasteiger partial charge on any atom is -0.387 e. The molecule has 0 fully saturated rings. The van der Waals surface area contributed by atoms with Gasteiger partial charge in [0.25, 0.3) is 0 Å². The number of carbonyl (C=O) groups excluding carboxylic acids is 1. The Morgan fingerprint density at radius 2 is 1.12 bits per heavy atom. The highest BCUT2D eigenvalue weighted by Gasteiger charge is 2.27. The summed E-state index contributed by atoms with van der Waals surface area (Å²) in [5.41, 5.74) is 0. The van der Waals surface area contributed by atoms with Crippen LogP contribution in [0.15, 0.2) is 36.5 Å². The summed E-state index contributed by atoms with van der Waals surface area (Å²) in [6.45, 7) is 4.73. The fraction of sp³-hybridized carbons (Fsp3) is 0.825. The largest absolute Gasteiger partial charge is 0.472 e. The summed E-state index contributed by atoms with van der Waals surface area (Å²) in [5.74, 6) is -0.196. The molecule has 0 radical (unpaired) electrons. The molecule has 288 valence electrons. The van der Waals surface area contributed by atoms with E-state index in [9.17, 15) is 19.4 Å². The van der Waals surface area contributed by atoms with Gasteiger partial charge in [-0.25, -0.2) is 4.57 Å². The van der Waals surface area contributed by atoms with Crippen molar-refractivity contribution in [1.82, 2.24) is 5.32 Å². The molecule has 0 heterocycles. The average Bonchev–Trinajstić information content (AvgIpc) is 3.04. The van der Waals surface area contributed by atoms with E-state index >= 15 is 0 Å². The lowest BCUT2D eigenvalue weighted by Crippen LogP contribution is -2.45. The molecule has 0 aliphatic heterocycles. The van der Waals surface area contributed by atoms with Gasteiger partial charge >= 0.3 is 7.82 Å². The number of quaternary nitrogens is 1. The summed E-state index contributed by atoms with van der Waals surface area (Å²) in [5, 5.41) is 13.7. The molecule has 0 rings (SSSR count). The number of rotatable bonds is 35. The number of hydrogen-bond donors (Lipinski definition) is 3. The fourth-order valence-electron chi connectivity index (χ4n) is 5.34. The summed E-state index contributed by atoms with van der Waals surface area (Å²) in [4.78, 5) is 23.0. The summed E-state index contributed by atoms with van der Waals surface area (Å²) in [7, 11) is 1.55. The average molecular weight is 714 g/mol. The van der Waals surface area contributed by atoms with Crippen molar-refractivity contribution in [2.75, 3.05) is 40.9 Å². The highest BCUT2D eigenvalue weighted by Crippen LogP contribution is 2.43. The first-order chi connectivity index (χ1) is 23.5. The maximum Gasteiger partial charge on any atom is 0.472 e. The molecule has 0 aliphatic rings. The van der Waals surface area contributed by atoms with Gasteiger partial charge in [-0.2, -0.15) is 0 Å².